The highest BCUT2D eigenvalue weighted by molar-refractivity contribution is 6.16. The molecule has 1 aliphatic rings. The van der Waals surface area contributed by atoms with Gasteiger partial charge in [0.15, 0.2) is 5.78 Å². The molecule has 1 unspecified atom stereocenters. The zero-order valence-corrected chi connectivity index (χ0v) is 14.2. The Labute approximate surface area is 142 Å². The number of aromatic amines is 1. The Morgan fingerprint density at radius 1 is 1.08 bits per heavy atom. The Balaban J connectivity index is 1.81. The van der Waals surface area contributed by atoms with Gasteiger partial charge in [-0.2, -0.15) is 0 Å². The van der Waals surface area contributed by atoms with Crippen LogP contribution in [0.1, 0.15) is 33.6 Å². The standard InChI is InChI=1S/C21H22N2O/c1-23(2)15-11-12-19-18(13-15)16-9-6-10-17(20(16)22-19)21(24)14-7-4-3-5-8-14/h3-10,15,22H,11-13H2,1-2H3. The molecule has 1 N–H and O–H groups in total. The topological polar surface area (TPSA) is 36.1 Å². The van der Waals surface area contributed by atoms with Crippen molar-refractivity contribution in [3.8, 4) is 0 Å². The molecule has 0 saturated heterocycles. The average Bonchev–Trinajstić information content (AvgIpc) is 2.99. The first-order valence-corrected chi connectivity index (χ1v) is 8.54. The van der Waals surface area contributed by atoms with Crippen molar-refractivity contribution in [1.82, 2.24) is 9.88 Å². The van der Waals surface area contributed by atoms with E-state index in [1.54, 1.807) is 0 Å². The molecule has 4 rings (SSSR count). The molecule has 0 radical (unpaired) electrons. The van der Waals surface area contributed by atoms with Gasteiger partial charge in [-0.15, -0.1) is 0 Å². The highest BCUT2D eigenvalue weighted by Crippen LogP contribution is 2.32. The molecule has 1 atom stereocenters. The number of fused-ring (bicyclic) bond motifs is 3. The minimum Gasteiger partial charge on any atom is -0.358 e. The van der Waals surface area contributed by atoms with Crippen molar-refractivity contribution in [1.29, 1.82) is 0 Å². The minimum absolute atomic E-state index is 0.0870. The smallest absolute Gasteiger partial charge is 0.195 e. The summed E-state index contributed by atoms with van der Waals surface area (Å²) in [5, 5.41) is 1.21. The highest BCUT2D eigenvalue weighted by Gasteiger charge is 2.25. The van der Waals surface area contributed by atoms with E-state index in [-0.39, 0.29) is 5.78 Å². The second-order valence-electron chi connectivity index (χ2n) is 6.87. The Morgan fingerprint density at radius 3 is 2.62 bits per heavy atom. The van der Waals surface area contributed by atoms with E-state index < -0.39 is 0 Å². The molecular weight excluding hydrogens is 296 g/mol. The number of likely N-dealkylation sites (N-methyl/N-ethyl adjacent to an activating group) is 1. The van der Waals surface area contributed by atoms with Crippen LogP contribution in [0.3, 0.4) is 0 Å². The van der Waals surface area contributed by atoms with E-state index in [4.69, 9.17) is 0 Å². The van der Waals surface area contributed by atoms with Gasteiger partial charge >= 0.3 is 0 Å². The molecule has 0 aliphatic heterocycles. The predicted octanol–water partition coefficient (Wildman–Crippen LogP) is 3.82. The molecule has 2 aromatic carbocycles. The van der Waals surface area contributed by atoms with Gasteiger partial charge in [-0.05, 0) is 45.0 Å². The summed E-state index contributed by atoms with van der Waals surface area (Å²) in [4.78, 5) is 18.8. The van der Waals surface area contributed by atoms with Gasteiger partial charge < -0.3 is 9.88 Å². The number of nitrogens with zero attached hydrogens (tertiary/aromatic N) is 1. The van der Waals surface area contributed by atoms with Crippen molar-refractivity contribution in [2.24, 2.45) is 0 Å². The SMILES string of the molecule is CN(C)C1CCc2[nH]c3c(C(=O)c4ccccc4)cccc3c2C1. The fourth-order valence-corrected chi connectivity index (χ4v) is 3.80. The lowest BCUT2D eigenvalue weighted by molar-refractivity contribution is 0.104. The summed E-state index contributed by atoms with van der Waals surface area (Å²) in [6.45, 7) is 0. The van der Waals surface area contributed by atoms with E-state index in [1.807, 2.05) is 42.5 Å². The average molecular weight is 318 g/mol. The molecule has 122 valence electrons. The van der Waals surface area contributed by atoms with Crippen LogP contribution >= 0.6 is 0 Å². The van der Waals surface area contributed by atoms with Crippen molar-refractivity contribution in [2.75, 3.05) is 14.1 Å². The van der Waals surface area contributed by atoms with Gasteiger partial charge in [-0.1, -0.05) is 42.5 Å². The molecule has 1 aromatic heterocycles. The van der Waals surface area contributed by atoms with Crippen LogP contribution in [0.4, 0.5) is 0 Å². The summed E-state index contributed by atoms with van der Waals surface area (Å²) >= 11 is 0. The lowest BCUT2D eigenvalue weighted by Crippen LogP contribution is -2.33. The molecule has 0 bridgehead atoms. The normalized spacial score (nSPS) is 17.2. The number of para-hydroxylation sites is 1. The van der Waals surface area contributed by atoms with Gasteiger partial charge in [0.1, 0.15) is 0 Å². The van der Waals surface area contributed by atoms with Crippen LogP contribution in [0.15, 0.2) is 48.5 Å². The summed E-state index contributed by atoms with van der Waals surface area (Å²) in [6.07, 6.45) is 3.26. The monoisotopic (exact) mass is 318 g/mol. The fourth-order valence-electron chi connectivity index (χ4n) is 3.80. The number of carbonyl (C=O) groups excluding carboxylic acids is 1. The van der Waals surface area contributed by atoms with Gasteiger partial charge in [-0.25, -0.2) is 0 Å². The number of H-pyrrole nitrogens is 1. The van der Waals surface area contributed by atoms with Crippen LogP contribution in [0.5, 0.6) is 0 Å². The number of ketones is 1. The zero-order chi connectivity index (χ0) is 16.7. The van der Waals surface area contributed by atoms with E-state index in [9.17, 15) is 4.79 Å². The zero-order valence-electron chi connectivity index (χ0n) is 14.2. The van der Waals surface area contributed by atoms with Gasteiger partial charge in [-0.3, -0.25) is 4.79 Å². The van der Waals surface area contributed by atoms with Gasteiger partial charge in [0.2, 0.25) is 0 Å². The number of hydrogen-bond acceptors (Lipinski definition) is 2. The molecule has 0 amide bonds. The second-order valence-corrected chi connectivity index (χ2v) is 6.87. The van der Waals surface area contributed by atoms with Crippen molar-refractivity contribution in [3.63, 3.8) is 0 Å². The maximum Gasteiger partial charge on any atom is 0.195 e. The Hall–Kier alpha value is -2.39. The van der Waals surface area contributed by atoms with Crippen LogP contribution in [0.2, 0.25) is 0 Å². The lowest BCUT2D eigenvalue weighted by atomic mass is 9.90. The van der Waals surface area contributed by atoms with Crippen molar-refractivity contribution < 1.29 is 4.79 Å². The minimum atomic E-state index is 0.0870. The van der Waals surface area contributed by atoms with Crippen molar-refractivity contribution in [3.05, 3.63) is 70.9 Å². The maximum atomic E-state index is 12.9. The third kappa shape index (κ3) is 2.45. The number of aryl methyl sites for hydroxylation is 1. The third-order valence-electron chi connectivity index (χ3n) is 5.21. The number of benzene rings is 2. The molecule has 3 nitrogen and oxygen atoms in total. The second kappa shape index (κ2) is 5.91. The van der Waals surface area contributed by atoms with Crippen molar-refractivity contribution in [2.45, 2.75) is 25.3 Å². The lowest BCUT2D eigenvalue weighted by Gasteiger charge is -2.28. The summed E-state index contributed by atoms with van der Waals surface area (Å²) in [7, 11) is 4.30. The molecule has 24 heavy (non-hydrogen) atoms. The first-order valence-electron chi connectivity index (χ1n) is 8.54. The number of carbonyl (C=O) groups is 1. The molecular formula is C21H22N2O. The maximum absolute atomic E-state index is 12.9. The molecule has 0 saturated carbocycles. The van der Waals surface area contributed by atoms with Crippen molar-refractivity contribution >= 4 is 16.7 Å². The summed E-state index contributed by atoms with van der Waals surface area (Å²) in [6, 6.07) is 16.2. The van der Waals surface area contributed by atoms with Crippen LogP contribution in [-0.2, 0) is 12.8 Å². The van der Waals surface area contributed by atoms with Crippen LogP contribution < -0.4 is 0 Å². The Morgan fingerprint density at radius 2 is 1.88 bits per heavy atom. The summed E-state index contributed by atoms with van der Waals surface area (Å²) in [5.41, 5.74) is 5.20. The van der Waals surface area contributed by atoms with E-state index in [2.05, 4.69) is 30.0 Å². The molecule has 1 heterocycles. The predicted molar refractivity (Wildman–Crippen MR) is 97.7 cm³/mol. The van der Waals surface area contributed by atoms with E-state index >= 15 is 0 Å². The van der Waals surface area contributed by atoms with E-state index in [0.717, 1.165) is 35.9 Å². The fraction of sp³-hybridized carbons (Fsp3) is 0.286. The molecule has 0 spiro atoms. The summed E-state index contributed by atoms with van der Waals surface area (Å²) < 4.78 is 0. The van der Waals surface area contributed by atoms with Gasteiger partial charge in [0.05, 0.1) is 5.52 Å². The Kier molecular flexibility index (Phi) is 3.73. The first kappa shape index (κ1) is 15.2. The number of rotatable bonds is 3. The van der Waals surface area contributed by atoms with Crippen LogP contribution in [0, 0.1) is 0 Å². The van der Waals surface area contributed by atoms with Crippen LogP contribution in [0.25, 0.3) is 10.9 Å². The molecule has 3 aromatic rings. The molecule has 0 fully saturated rings. The Bertz CT molecular complexity index is 893. The van der Waals surface area contributed by atoms with Crippen LogP contribution in [-0.4, -0.2) is 35.8 Å². The van der Waals surface area contributed by atoms with E-state index in [1.165, 1.54) is 16.6 Å². The molecule has 1 aliphatic carbocycles. The first-order chi connectivity index (χ1) is 11.6. The third-order valence-corrected chi connectivity index (χ3v) is 5.21. The van der Waals surface area contributed by atoms with E-state index in [0.29, 0.717) is 6.04 Å². The molecule has 3 heteroatoms. The summed E-state index contributed by atoms with van der Waals surface area (Å²) in [5.74, 6) is 0.0870. The van der Waals surface area contributed by atoms with Gasteiger partial charge in [0, 0.05) is 28.2 Å². The number of nitrogens with one attached hydrogen (secondary N) is 1. The largest absolute Gasteiger partial charge is 0.358 e. The number of aromatic nitrogens is 1. The quantitative estimate of drug-likeness (QED) is 0.745. The number of hydrogen-bond donors (Lipinski definition) is 1. The van der Waals surface area contributed by atoms with Gasteiger partial charge in [0.25, 0.3) is 0 Å². The highest BCUT2D eigenvalue weighted by atomic mass is 16.1.